The number of hydrogen-bond donors (Lipinski definition) is 0. The molecule has 0 radical (unpaired) electrons. The van der Waals surface area contributed by atoms with Crippen molar-refractivity contribution in [1.82, 2.24) is 9.97 Å². The molecule has 3 heterocycles. The van der Waals surface area contributed by atoms with Crippen molar-refractivity contribution < 1.29 is 4.74 Å². The number of ether oxygens (including phenoxy) is 1. The highest BCUT2D eigenvalue weighted by atomic mass is 32.1. The molecule has 4 nitrogen and oxygen atoms in total. The summed E-state index contributed by atoms with van der Waals surface area (Å²) in [5.41, 5.74) is 2.44. The summed E-state index contributed by atoms with van der Waals surface area (Å²) in [5, 5.41) is 3.36. The Morgan fingerprint density at radius 2 is 2.13 bits per heavy atom. The van der Waals surface area contributed by atoms with E-state index in [9.17, 15) is 0 Å². The minimum atomic E-state index is 0.285. The monoisotopic (exact) mass is 325 g/mol. The van der Waals surface area contributed by atoms with Crippen LogP contribution in [0.15, 0.2) is 42.0 Å². The number of aromatic nitrogens is 2. The molecule has 0 spiro atoms. The minimum absolute atomic E-state index is 0.285. The first-order chi connectivity index (χ1) is 11.4. The van der Waals surface area contributed by atoms with Gasteiger partial charge < -0.3 is 9.64 Å². The molecule has 0 N–H and O–H groups in total. The van der Waals surface area contributed by atoms with Gasteiger partial charge in [0.05, 0.1) is 18.1 Å². The second kappa shape index (κ2) is 6.26. The van der Waals surface area contributed by atoms with Gasteiger partial charge in [-0.05, 0) is 12.0 Å². The van der Waals surface area contributed by atoms with Gasteiger partial charge in [-0.15, -0.1) is 11.3 Å². The molecule has 1 fully saturated rings. The first kappa shape index (κ1) is 14.6. The van der Waals surface area contributed by atoms with Crippen molar-refractivity contribution in [2.75, 3.05) is 24.6 Å². The average Bonchev–Trinajstić information content (AvgIpc) is 3.06. The molecule has 23 heavy (non-hydrogen) atoms. The van der Waals surface area contributed by atoms with Crippen molar-refractivity contribution >= 4 is 27.4 Å². The molecule has 0 saturated carbocycles. The summed E-state index contributed by atoms with van der Waals surface area (Å²) in [7, 11) is 0. The molecule has 0 aliphatic carbocycles. The van der Waals surface area contributed by atoms with Crippen LogP contribution in [0.4, 0.5) is 5.82 Å². The van der Waals surface area contributed by atoms with E-state index in [-0.39, 0.29) is 6.10 Å². The Morgan fingerprint density at radius 1 is 1.26 bits per heavy atom. The SMILES string of the molecule is CCC1CN(c2ncnc3scc(-c4ccccc4)c23)CCO1. The van der Waals surface area contributed by atoms with E-state index in [0.29, 0.717) is 0 Å². The lowest BCUT2D eigenvalue weighted by Gasteiger charge is -2.33. The summed E-state index contributed by atoms with van der Waals surface area (Å²) in [6.07, 6.45) is 2.99. The van der Waals surface area contributed by atoms with E-state index >= 15 is 0 Å². The van der Waals surface area contributed by atoms with Crippen molar-refractivity contribution in [2.24, 2.45) is 0 Å². The molecular weight excluding hydrogens is 306 g/mol. The number of rotatable bonds is 3. The molecule has 3 aromatic rings. The van der Waals surface area contributed by atoms with Gasteiger partial charge >= 0.3 is 0 Å². The van der Waals surface area contributed by atoms with E-state index in [4.69, 9.17) is 4.74 Å². The maximum Gasteiger partial charge on any atom is 0.141 e. The molecular formula is C18H19N3OS. The molecule has 1 unspecified atom stereocenters. The third kappa shape index (κ3) is 2.71. The zero-order valence-electron chi connectivity index (χ0n) is 13.1. The van der Waals surface area contributed by atoms with E-state index in [1.54, 1.807) is 17.7 Å². The minimum Gasteiger partial charge on any atom is -0.375 e. The fourth-order valence-electron chi connectivity index (χ4n) is 3.09. The van der Waals surface area contributed by atoms with Gasteiger partial charge in [-0.25, -0.2) is 9.97 Å². The molecule has 2 aromatic heterocycles. The topological polar surface area (TPSA) is 38.2 Å². The van der Waals surface area contributed by atoms with Crippen LogP contribution in [0.2, 0.25) is 0 Å². The lowest BCUT2D eigenvalue weighted by molar-refractivity contribution is 0.0382. The van der Waals surface area contributed by atoms with Gasteiger partial charge in [0.15, 0.2) is 0 Å². The van der Waals surface area contributed by atoms with Crippen LogP contribution in [-0.4, -0.2) is 35.8 Å². The van der Waals surface area contributed by atoms with E-state index < -0.39 is 0 Å². The maximum atomic E-state index is 5.80. The number of hydrogen-bond acceptors (Lipinski definition) is 5. The lowest BCUT2D eigenvalue weighted by Crippen LogP contribution is -2.42. The van der Waals surface area contributed by atoms with Gasteiger partial charge in [0.25, 0.3) is 0 Å². The zero-order valence-corrected chi connectivity index (χ0v) is 13.9. The number of morpholine rings is 1. The van der Waals surface area contributed by atoms with Crippen LogP contribution >= 0.6 is 11.3 Å². The Labute approximate surface area is 139 Å². The van der Waals surface area contributed by atoms with Gasteiger partial charge in [-0.1, -0.05) is 37.3 Å². The number of fused-ring (bicyclic) bond motifs is 1. The van der Waals surface area contributed by atoms with Gasteiger partial charge in [-0.2, -0.15) is 0 Å². The third-order valence-corrected chi connectivity index (χ3v) is 5.22. The van der Waals surface area contributed by atoms with Gasteiger partial charge in [0.1, 0.15) is 17.0 Å². The summed E-state index contributed by atoms with van der Waals surface area (Å²) in [5.74, 6) is 1.04. The van der Waals surface area contributed by atoms with Crippen LogP contribution in [-0.2, 0) is 4.74 Å². The van der Waals surface area contributed by atoms with E-state index in [1.165, 1.54) is 16.5 Å². The Morgan fingerprint density at radius 3 is 2.96 bits per heavy atom. The molecule has 1 aliphatic rings. The van der Waals surface area contributed by atoms with Gasteiger partial charge in [0.2, 0.25) is 0 Å². The summed E-state index contributed by atoms with van der Waals surface area (Å²) < 4.78 is 5.80. The van der Waals surface area contributed by atoms with Crippen LogP contribution in [0.25, 0.3) is 21.3 Å². The molecule has 1 aromatic carbocycles. The molecule has 0 bridgehead atoms. The van der Waals surface area contributed by atoms with Crippen LogP contribution in [0.5, 0.6) is 0 Å². The van der Waals surface area contributed by atoms with Crippen LogP contribution in [0, 0.1) is 0 Å². The van der Waals surface area contributed by atoms with Crippen LogP contribution in [0.3, 0.4) is 0 Å². The maximum absolute atomic E-state index is 5.80. The quantitative estimate of drug-likeness (QED) is 0.730. The first-order valence-corrected chi connectivity index (χ1v) is 8.89. The molecule has 5 heteroatoms. The highest BCUT2D eigenvalue weighted by Crippen LogP contribution is 2.38. The van der Waals surface area contributed by atoms with E-state index in [0.717, 1.165) is 36.8 Å². The van der Waals surface area contributed by atoms with Crippen molar-refractivity contribution in [2.45, 2.75) is 19.4 Å². The van der Waals surface area contributed by atoms with Crippen LogP contribution < -0.4 is 4.90 Å². The standard InChI is InChI=1S/C18H19N3OS/c1-2-14-10-21(8-9-22-14)17-16-15(13-6-4-3-5-7-13)11-23-18(16)20-12-19-17/h3-7,11-12,14H,2,8-10H2,1H3. The predicted molar refractivity (Wildman–Crippen MR) is 95.1 cm³/mol. The normalized spacial score (nSPS) is 18.5. The van der Waals surface area contributed by atoms with Crippen molar-refractivity contribution in [3.05, 3.63) is 42.0 Å². The average molecular weight is 325 g/mol. The molecule has 118 valence electrons. The second-order valence-corrected chi connectivity index (χ2v) is 6.60. The summed E-state index contributed by atoms with van der Waals surface area (Å²) in [6, 6.07) is 10.5. The Bertz CT molecular complexity index is 802. The highest BCUT2D eigenvalue weighted by molar-refractivity contribution is 7.17. The van der Waals surface area contributed by atoms with Gasteiger partial charge in [-0.3, -0.25) is 0 Å². The molecule has 1 atom stereocenters. The van der Waals surface area contributed by atoms with Crippen molar-refractivity contribution in [3.8, 4) is 11.1 Å². The molecule has 0 amide bonds. The number of thiophene rings is 1. The smallest absolute Gasteiger partial charge is 0.141 e. The summed E-state index contributed by atoms with van der Waals surface area (Å²) in [4.78, 5) is 12.5. The molecule has 1 aliphatic heterocycles. The van der Waals surface area contributed by atoms with Crippen molar-refractivity contribution in [3.63, 3.8) is 0 Å². The molecule has 1 saturated heterocycles. The van der Waals surface area contributed by atoms with Crippen LogP contribution in [0.1, 0.15) is 13.3 Å². The Balaban J connectivity index is 1.82. The number of benzene rings is 1. The fourth-order valence-corrected chi connectivity index (χ4v) is 4.00. The van der Waals surface area contributed by atoms with Crippen molar-refractivity contribution in [1.29, 1.82) is 0 Å². The van der Waals surface area contributed by atoms with E-state index in [2.05, 4.69) is 51.4 Å². The predicted octanol–water partition coefficient (Wildman–Crippen LogP) is 3.97. The molecule has 4 rings (SSSR count). The first-order valence-electron chi connectivity index (χ1n) is 8.01. The highest BCUT2D eigenvalue weighted by Gasteiger charge is 2.23. The fraction of sp³-hybridized carbons (Fsp3) is 0.333. The summed E-state index contributed by atoms with van der Waals surface area (Å²) in [6.45, 7) is 4.71. The number of anilines is 1. The third-order valence-electron chi connectivity index (χ3n) is 4.33. The zero-order chi connectivity index (χ0) is 15.6. The second-order valence-electron chi connectivity index (χ2n) is 5.74. The van der Waals surface area contributed by atoms with Gasteiger partial charge in [0, 0.05) is 24.0 Å². The lowest BCUT2D eigenvalue weighted by atomic mass is 10.1. The van der Waals surface area contributed by atoms with E-state index in [1.807, 2.05) is 6.07 Å². The summed E-state index contributed by atoms with van der Waals surface area (Å²) >= 11 is 1.68. The Kier molecular flexibility index (Phi) is 3.97. The number of nitrogens with zero attached hydrogens (tertiary/aromatic N) is 3. The Hall–Kier alpha value is -1.98. The largest absolute Gasteiger partial charge is 0.375 e.